The molecule has 0 bridgehead atoms. The molecule has 0 unspecified atom stereocenters. The van der Waals surface area contributed by atoms with Crippen molar-refractivity contribution in [3.8, 4) is 11.3 Å². The molecule has 4 heterocycles. The first-order valence-electron chi connectivity index (χ1n) is 9.39. The summed E-state index contributed by atoms with van der Waals surface area (Å²) < 4.78 is 1.58. The van der Waals surface area contributed by atoms with Gasteiger partial charge in [-0.15, -0.1) is 0 Å². The largest absolute Gasteiger partial charge is 0.341 e. The number of imidazole rings is 1. The monoisotopic (exact) mass is 372 g/mol. The summed E-state index contributed by atoms with van der Waals surface area (Å²) in [6.45, 7) is 3.30. The van der Waals surface area contributed by atoms with E-state index in [9.17, 15) is 4.79 Å². The van der Waals surface area contributed by atoms with Crippen molar-refractivity contribution in [1.82, 2.24) is 29.6 Å². The molecular formula is C21H20N6O. The first kappa shape index (κ1) is 16.8. The molecule has 0 saturated carbocycles. The molecule has 1 N–H and O–H groups in total. The third kappa shape index (κ3) is 3.32. The smallest absolute Gasteiger partial charge is 0.266 e. The van der Waals surface area contributed by atoms with Crippen molar-refractivity contribution in [3.63, 3.8) is 0 Å². The fourth-order valence-electron chi connectivity index (χ4n) is 3.71. The number of hydrogen-bond donors (Lipinski definition) is 1. The zero-order valence-electron chi connectivity index (χ0n) is 15.3. The summed E-state index contributed by atoms with van der Waals surface area (Å²) in [4.78, 5) is 26.6. The molecule has 1 aliphatic rings. The van der Waals surface area contributed by atoms with E-state index in [0.717, 1.165) is 47.7 Å². The number of pyridine rings is 1. The SMILES string of the molecule is O=c1ccc(-c2ccncc2)nn1CC1CN(Cc2nc3ccccc3[nH]2)C1. The third-order valence-corrected chi connectivity index (χ3v) is 5.12. The molecule has 7 nitrogen and oxygen atoms in total. The van der Waals surface area contributed by atoms with Gasteiger partial charge < -0.3 is 4.98 Å². The first-order chi connectivity index (χ1) is 13.7. The highest BCUT2D eigenvalue weighted by atomic mass is 16.1. The normalized spacial score (nSPS) is 15.0. The van der Waals surface area contributed by atoms with Crippen LogP contribution in [0.25, 0.3) is 22.3 Å². The number of aromatic amines is 1. The van der Waals surface area contributed by atoms with Crippen molar-refractivity contribution in [2.75, 3.05) is 13.1 Å². The summed E-state index contributed by atoms with van der Waals surface area (Å²) in [7, 11) is 0. The number of para-hydroxylation sites is 2. The van der Waals surface area contributed by atoms with Gasteiger partial charge in [-0.25, -0.2) is 9.67 Å². The number of aromatic nitrogens is 5. The van der Waals surface area contributed by atoms with Gasteiger partial charge >= 0.3 is 0 Å². The van der Waals surface area contributed by atoms with Gasteiger partial charge in [-0.2, -0.15) is 5.10 Å². The van der Waals surface area contributed by atoms with Crippen LogP contribution in [0.2, 0.25) is 0 Å². The number of hydrogen-bond acceptors (Lipinski definition) is 5. The van der Waals surface area contributed by atoms with Gasteiger partial charge in [0, 0.05) is 43.0 Å². The molecule has 1 aromatic carbocycles. The summed E-state index contributed by atoms with van der Waals surface area (Å²) in [6.07, 6.45) is 3.46. The number of benzene rings is 1. The van der Waals surface area contributed by atoms with Crippen LogP contribution >= 0.6 is 0 Å². The van der Waals surface area contributed by atoms with E-state index in [1.165, 1.54) is 0 Å². The van der Waals surface area contributed by atoms with E-state index in [-0.39, 0.29) is 5.56 Å². The predicted molar refractivity (Wildman–Crippen MR) is 107 cm³/mol. The fraction of sp³-hybridized carbons (Fsp3) is 0.238. The predicted octanol–water partition coefficient (Wildman–Crippen LogP) is 2.31. The summed E-state index contributed by atoms with van der Waals surface area (Å²) in [5, 5.41) is 4.54. The van der Waals surface area contributed by atoms with Gasteiger partial charge in [0.05, 0.1) is 29.8 Å². The molecular weight excluding hydrogens is 352 g/mol. The highest BCUT2D eigenvalue weighted by molar-refractivity contribution is 5.74. The van der Waals surface area contributed by atoms with Crippen LogP contribution in [-0.4, -0.2) is 42.7 Å². The minimum absolute atomic E-state index is 0.0615. The Morgan fingerprint density at radius 3 is 2.68 bits per heavy atom. The Morgan fingerprint density at radius 2 is 1.86 bits per heavy atom. The second-order valence-corrected chi connectivity index (χ2v) is 7.24. The van der Waals surface area contributed by atoms with Gasteiger partial charge in [0.15, 0.2) is 0 Å². The Bertz CT molecular complexity index is 1130. The molecule has 28 heavy (non-hydrogen) atoms. The van der Waals surface area contributed by atoms with Crippen LogP contribution in [0.3, 0.4) is 0 Å². The Hall–Kier alpha value is -3.32. The molecule has 0 spiro atoms. The number of fused-ring (bicyclic) bond motifs is 1. The number of likely N-dealkylation sites (tertiary alicyclic amines) is 1. The highest BCUT2D eigenvalue weighted by Gasteiger charge is 2.28. The van der Waals surface area contributed by atoms with Gasteiger partial charge in [-0.3, -0.25) is 14.7 Å². The molecule has 4 aromatic rings. The van der Waals surface area contributed by atoms with E-state index in [1.807, 2.05) is 36.4 Å². The van der Waals surface area contributed by atoms with Crippen LogP contribution in [0.4, 0.5) is 0 Å². The maximum absolute atomic E-state index is 12.2. The summed E-state index contributed by atoms with van der Waals surface area (Å²) in [5.74, 6) is 1.40. The van der Waals surface area contributed by atoms with Crippen molar-refractivity contribution in [1.29, 1.82) is 0 Å². The number of H-pyrrole nitrogens is 1. The minimum atomic E-state index is -0.0615. The average molecular weight is 372 g/mol. The number of rotatable bonds is 5. The average Bonchev–Trinajstić information content (AvgIpc) is 3.11. The number of nitrogens with zero attached hydrogens (tertiary/aromatic N) is 5. The molecule has 0 amide bonds. The topological polar surface area (TPSA) is 79.7 Å². The van der Waals surface area contributed by atoms with E-state index in [2.05, 4.69) is 25.0 Å². The van der Waals surface area contributed by atoms with Crippen LogP contribution < -0.4 is 5.56 Å². The van der Waals surface area contributed by atoms with Crippen molar-refractivity contribution in [2.24, 2.45) is 5.92 Å². The van der Waals surface area contributed by atoms with Gasteiger partial charge in [0.25, 0.3) is 5.56 Å². The highest BCUT2D eigenvalue weighted by Crippen LogP contribution is 2.21. The molecule has 7 heteroatoms. The lowest BCUT2D eigenvalue weighted by Crippen LogP contribution is -2.49. The first-order valence-corrected chi connectivity index (χ1v) is 9.39. The number of nitrogens with one attached hydrogen (secondary N) is 1. The lowest BCUT2D eigenvalue weighted by atomic mass is 10.0. The van der Waals surface area contributed by atoms with Crippen LogP contribution in [-0.2, 0) is 13.1 Å². The van der Waals surface area contributed by atoms with Crippen LogP contribution in [0.15, 0.2) is 65.7 Å². The zero-order valence-corrected chi connectivity index (χ0v) is 15.3. The van der Waals surface area contributed by atoms with Gasteiger partial charge in [-0.1, -0.05) is 12.1 Å². The molecule has 1 fully saturated rings. The van der Waals surface area contributed by atoms with E-state index in [0.29, 0.717) is 12.5 Å². The molecule has 1 aliphatic heterocycles. The van der Waals surface area contributed by atoms with Gasteiger partial charge in [0.1, 0.15) is 5.82 Å². The molecule has 0 atom stereocenters. The fourth-order valence-corrected chi connectivity index (χ4v) is 3.71. The van der Waals surface area contributed by atoms with Crippen molar-refractivity contribution in [3.05, 3.63) is 77.1 Å². The van der Waals surface area contributed by atoms with Crippen molar-refractivity contribution in [2.45, 2.75) is 13.1 Å². The quantitative estimate of drug-likeness (QED) is 0.582. The van der Waals surface area contributed by atoms with Gasteiger partial charge in [0.2, 0.25) is 0 Å². The van der Waals surface area contributed by atoms with E-state index in [1.54, 1.807) is 29.2 Å². The van der Waals surface area contributed by atoms with Crippen molar-refractivity contribution < 1.29 is 0 Å². The van der Waals surface area contributed by atoms with Crippen LogP contribution in [0.1, 0.15) is 5.82 Å². The molecule has 3 aromatic heterocycles. The maximum atomic E-state index is 12.2. The molecule has 0 aliphatic carbocycles. The van der Waals surface area contributed by atoms with E-state index in [4.69, 9.17) is 0 Å². The maximum Gasteiger partial charge on any atom is 0.266 e. The van der Waals surface area contributed by atoms with Crippen LogP contribution in [0, 0.1) is 5.92 Å². The third-order valence-electron chi connectivity index (χ3n) is 5.12. The summed E-state index contributed by atoms with van der Waals surface area (Å²) in [6, 6.07) is 15.2. The Kier molecular flexibility index (Phi) is 4.21. The second-order valence-electron chi connectivity index (χ2n) is 7.24. The lowest BCUT2D eigenvalue weighted by Gasteiger charge is -2.38. The molecule has 5 rings (SSSR count). The molecule has 0 radical (unpaired) electrons. The summed E-state index contributed by atoms with van der Waals surface area (Å²) in [5.41, 5.74) is 3.76. The van der Waals surface area contributed by atoms with Crippen molar-refractivity contribution >= 4 is 11.0 Å². The van der Waals surface area contributed by atoms with E-state index < -0.39 is 0 Å². The molecule has 140 valence electrons. The molecule has 1 saturated heterocycles. The van der Waals surface area contributed by atoms with Crippen LogP contribution in [0.5, 0.6) is 0 Å². The lowest BCUT2D eigenvalue weighted by molar-refractivity contribution is 0.0744. The standard InChI is InChI=1S/C21H20N6O/c28-21-6-5-17(16-7-9-22-10-8-16)25-27(21)13-15-11-26(12-15)14-20-23-18-3-1-2-4-19(18)24-20/h1-10,15H,11-14H2,(H,23,24). The van der Waals surface area contributed by atoms with Gasteiger partial charge in [-0.05, 0) is 30.3 Å². The van der Waals surface area contributed by atoms with E-state index >= 15 is 0 Å². The minimum Gasteiger partial charge on any atom is -0.341 e. The zero-order chi connectivity index (χ0) is 18.9. The second kappa shape index (κ2) is 7.01. The Labute approximate surface area is 161 Å². The summed E-state index contributed by atoms with van der Waals surface area (Å²) >= 11 is 0. The Morgan fingerprint density at radius 1 is 1.04 bits per heavy atom. The Balaban J connectivity index is 1.23.